The highest BCUT2D eigenvalue weighted by molar-refractivity contribution is 6.32. The minimum absolute atomic E-state index is 0.0242. The van der Waals surface area contributed by atoms with Gasteiger partial charge < -0.3 is 14.8 Å². The molecule has 0 bridgehead atoms. The molecule has 1 heterocycles. The van der Waals surface area contributed by atoms with Crippen LogP contribution < -0.4 is 10.1 Å². The Bertz CT molecular complexity index is 930. The first-order chi connectivity index (χ1) is 13.2. The van der Waals surface area contributed by atoms with Gasteiger partial charge in [0.05, 0.1) is 35.4 Å². The van der Waals surface area contributed by atoms with Crippen LogP contribution in [0.15, 0.2) is 36.4 Å². The molecule has 5 nitrogen and oxygen atoms in total. The van der Waals surface area contributed by atoms with Gasteiger partial charge in [-0.2, -0.15) is 13.2 Å². The molecule has 0 saturated carbocycles. The van der Waals surface area contributed by atoms with E-state index in [1.54, 1.807) is 6.07 Å². The van der Waals surface area contributed by atoms with Crippen molar-refractivity contribution >= 4 is 23.5 Å². The normalized spacial score (nSPS) is 15.5. The molecule has 0 radical (unpaired) electrons. The van der Waals surface area contributed by atoms with E-state index in [0.717, 1.165) is 12.1 Å². The van der Waals surface area contributed by atoms with Gasteiger partial charge in [-0.15, -0.1) is 0 Å². The average Bonchev–Trinajstić information content (AvgIpc) is 3.08. The van der Waals surface area contributed by atoms with Gasteiger partial charge in [0.1, 0.15) is 11.9 Å². The fourth-order valence-corrected chi connectivity index (χ4v) is 3.25. The molecule has 148 valence electrons. The summed E-state index contributed by atoms with van der Waals surface area (Å²) in [5, 5.41) is 2.67. The molecule has 28 heavy (non-hydrogen) atoms. The van der Waals surface area contributed by atoms with E-state index in [9.17, 15) is 22.8 Å². The molecule has 1 atom stereocenters. The summed E-state index contributed by atoms with van der Waals surface area (Å²) in [6.45, 7) is -0.0242. The summed E-state index contributed by atoms with van der Waals surface area (Å²) in [5.74, 6) is -1.02. The van der Waals surface area contributed by atoms with Crippen LogP contribution in [0.25, 0.3) is 0 Å². The molecule has 1 N–H and O–H groups in total. The fourth-order valence-electron chi connectivity index (χ4n) is 2.97. The summed E-state index contributed by atoms with van der Waals surface area (Å²) in [6, 6.07) is 7.53. The van der Waals surface area contributed by atoms with Gasteiger partial charge in [-0.1, -0.05) is 23.7 Å². The summed E-state index contributed by atoms with van der Waals surface area (Å²) < 4.78 is 49.5. The van der Waals surface area contributed by atoms with Crippen molar-refractivity contribution in [2.24, 2.45) is 0 Å². The zero-order chi connectivity index (χ0) is 20.5. The van der Waals surface area contributed by atoms with Crippen LogP contribution in [0.2, 0.25) is 5.02 Å². The number of carbonyl (C=O) groups excluding carboxylic acids is 2. The topological polar surface area (TPSA) is 64.6 Å². The van der Waals surface area contributed by atoms with Gasteiger partial charge in [-0.25, -0.2) is 4.79 Å². The molecule has 0 fully saturated rings. The number of methoxy groups -OCH3 is 1. The Morgan fingerprint density at radius 2 is 2.00 bits per heavy atom. The van der Waals surface area contributed by atoms with Gasteiger partial charge in [0.25, 0.3) is 5.91 Å². The quantitative estimate of drug-likeness (QED) is 0.773. The van der Waals surface area contributed by atoms with Crippen molar-refractivity contribution in [3.05, 3.63) is 63.7 Å². The second-order valence-electron chi connectivity index (χ2n) is 6.14. The predicted octanol–water partition coefficient (Wildman–Crippen LogP) is 3.88. The van der Waals surface area contributed by atoms with Crippen LogP contribution in [-0.2, 0) is 17.3 Å². The molecular formula is C19H15ClF3NO4. The van der Waals surface area contributed by atoms with E-state index < -0.39 is 35.3 Å². The summed E-state index contributed by atoms with van der Waals surface area (Å²) >= 11 is 6.13. The van der Waals surface area contributed by atoms with Crippen LogP contribution in [-0.4, -0.2) is 31.6 Å². The maximum absolute atomic E-state index is 13.0. The van der Waals surface area contributed by atoms with Gasteiger partial charge in [0, 0.05) is 12.0 Å². The van der Waals surface area contributed by atoms with Crippen LogP contribution in [0.4, 0.5) is 13.2 Å². The molecule has 0 saturated heterocycles. The van der Waals surface area contributed by atoms with Gasteiger partial charge in [-0.05, 0) is 24.3 Å². The number of hydrogen-bond acceptors (Lipinski definition) is 4. The third-order valence-corrected chi connectivity index (χ3v) is 4.52. The highest BCUT2D eigenvalue weighted by Crippen LogP contribution is 2.37. The molecule has 0 unspecified atom stereocenters. The number of ether oxygens (including phenoxy) is 2. The van der Waals surface area contributed by atoms with Gasteiger partial charge >= 0.3 is 12.1 Å². The van der Waals surface area contributed by atoms with Crippen molar-refractivity contribution in [3.8, 4) is 5.75 Å². The maximum atomic E-state index is 13.0. The number of esters is 1. The zero-order valence-electron chi connectivity index (χ0n) is 14.6. The lowest BCUT2D eigenvalue weighted by Crippen LogP contribution is -2.35. The molecule has 1 amide bonds. The smallest absolute Gasteiger partial charge is 0.417 e. The van der Waals surface area contributed by atoms with Crippen molar-refractivity contribution in [3.63, 3.8) is 0 Å². The predicted molar refractivity (Wildman–Crippen MR) is 94.7 cm³/mol. The van der Waals surface area contributed by atoms with E-state index in [1.807, 2.05) is 0 Å². The second-order valence-corrected chi connectivity index (χ2v) is 6.54. The zero-order valence-corrected chi connectivity index (χ0v) is 15.4. The Kier molecular flexibility index (Phi) is 5.51. The lowest BCUT2D eigenvalue weighted by molar-refractivity contribution is -0.137. The van der Waals surface area contributed by atoms with Crippen LogP contribution in [0, 0.1) is 0 Å². The molecular weight excluding hydrogens is 399 g/mol. The van der Waals surface area contributed by atoms with Crippen molar-refractivity contribution in [2.75, 3.05) is 13.7 Å². The Balaban J connectivity index is 1.69. The second kappa shape index (κ2) is 7.71. The summed E-state index contributed by atoms with van der Waals surface area (Å²) in [4.78, 5) is 23.9. The first-order valence-corrected chi connectivity index (χ1v) is 8.60. The van der Waals surface area contributed by atoms with E-state index in [2.05, 4.69) is 10.1 Å². The molecule has 0 aliphatic carbocycles. The maximum Gasteiger partial charge on any atom is 0.417 e. The highest BCUT2D eigenvalue weighted by Gasteiger charge is 2.35. The van der Waals surface area contributed by atoms with E-state index >= 15 is 0 Å². The number of halogens is 4. The molecule has 3 rings (SSSR count). The van der Waals surface area contributed by atoms with Crippen LogP contribution in [0.1, 0.15) is 31.8 Å². The Morgan fingerprint density at radius 3 is 2.68 bits per heavy atom. The van der Waals surface area contributed by atoms with Crippen molar-refractivity contribution in [2.45, 2.75) is 18.7 Å². The number of carbonyl (C=O) groups is 2. The minimum atomic E-state index is -4.63. The number of benzene rings is 2. The molecule has 1 aliphatic heterocycles. The Hall–Kier alpha value is -2.74. The van der Waals surface area contributed by atoms with Gasteiger partial charge in [0.2, 0.25) is 0 Å². The summed E-state index contributed by atoms with van der Waals surface area (Å²) in [7, 11) is 1.25. The SMILES string of the molecule is COC(=O)c1cc(Cl)c2c(c1)C[C@H](CNC(=O)c1ccccc1C(F)(F)F)O2. The van der Waals surface area contributed by atoms with Crippen LogP contribution in [0.3, 0.4) is 0 Å². The number of amides is 1. The van der Waals surface area contributed by atoms with Crippen LogP contribution in [0.5, 0.6) is 5.75 Å². The molecule has 0 aromatic heterocycles. The standard InChI is InChI=1S/C19H15ClF3NO4/c1-27-18(26)11-6-10-7-12(28-16(10)15(20)8-11)9-24-17(25)13-4-2-3-5-14(13)19(21,22)23/h2-6,8,12H,7,9H2,1H3,(H,24,25)/t12-/m1/s1. The summed E-state index contributed by atoms with van der Waals surface area (Å²) in [6.07, 6.45) is -4.82. The van der Waals surface area contributed by atoms with Gasteiger partial charge in [0.15, 0.2) is 0 Å². The highest BCUT2D eigenvalue weighted by atomic mass is 35.5. The molecule has 9 heteroatoms. The average molecular weight is 414 g/mol. The van der Waals surface area contributed by atoms with Crippen LogP contribution >= 0.6 is 11.6 Å². The van der Waals surface area contributed by atoms with E-state index in [0.29, 0.717) is 17.7 Å². The number of fused-ring (bicyclic) bond motifs is 1. The van der Waals surface area contributed by atoms with Gasteiger partial charge in [-0.3, -0.25) is 4.79 Å². The number of alkyl halides is 3. The third kappa shape index (κ3) is 4.06. The number of nitrogens with one attached hydrogen (secondary N) is 1. The monoisotopic (exact) mass is 413 g/mol. The lowest BCUT2D eigenvalue weighted by atomic mass is 10.1. The largest absolute Gasteiger partial charge is 0.486 e. The minimum Gasteiger partial charge on any atom is -0.486 e. The van der Waals surface area contributed by atoms with Crippen molar-refractivity contribution in [1.29, 1.82) is 0 Å². The first kappa shape index (κ1) is 20.0. The fraction of sp³-hybridized carbons (Fsp3) is 0.263. The number of hydrogen-bond donors (Lipinski definition) is 1. The molecule has 1 aliphatic rings. The first-order valence-electron chi connectivity index (χ1n) is 8.22. The summed E-state index contributed by atoms with van der Waals surface area (Å²) in [5.41, 5.74) is -0.549. The van der Waals surface area contributed by atoms with E-state index in [1.165, 1.54) is 25.3 Å². The third-order valence-electron chi connectivity index (χ3n) is 4.24. The Labute approximate surface area is 163 Å². The van der Waals surface area contributed by atoms with E-state index in [4.69, 9.17) is 16.3 Å². The van der Waals surface area contributed by atoms with Crippen molar-refractivity contribution < 1.29 is 32.2 Å². The molecule has 2 aromatic rings. The Morgan fingerprint density at radius 1 is 1.29 bits per heavy atom. The lowest BCUT2D eigenvalue weighted by Gasteiger charge is -2.15. The number of rotatable bonds is 4. The molecule has 2 aromatic carbocycles. The van der Waals surface area contributed by atoms with E-state index in [-0.39, 0.29) is 17.1 Å². The molecule has 0 spiro atoms. The van der Waals surface area contributed by atoms with Crippen molar-refractivity contribution in [1.82, 2.24) is 5.32 Å².